The molecule has 1 saturated heterocycles. The molecule has 2 saturated carbocycles. The molecule has 4 nitrogen and oxygen atoms in total. The molecule has 1 spiro atoms. The summed E-state index contributed by atoms with van der Waals surface area (Å²) >= 11 is 0. The number of hydrogen-bond acceptors (Lipinski definition) is 4. The van der Waals surface area contributed by atoms with Crippen molar-refractivity contribution in [2.75, 3.05) is 20.5 Å². The van der Waals surface area contributed by atoms with E-state index in [9.17, 15) is 4.79 Å². The Hall–Kier alpha value is -0.450. The van der Waals surface area contributed by atoms with Gasteiger partial charge >= 0.3 is 0 Å². The van der Waals surface area contributed by atoms with E-state index in [1.807, 2.05) is 0 Å². The zero-order chi connectivity index (χ0) is 16.5. The number of hydrogen-bond donors (Lipinski definition) is 0. The molecule has 0 radical (unpaired) electrons. The SMILES string of the molecule is COCOC(C)(C)CCC[C@H]1OC[C@]23CCCC(=O)[C@@H]2CC[C@H]13. The van der Waals surface area contributed by atoms with Gasteiger partial charge in [-0.05, 0) is 64.7 Å². The molecule has 4 atom stereocenters. The number of rotatable bonds is 7. The second-order valence-electron chi connectivity index (χ2n) is 8.34. The minimum atomic E-state index is -0.148. The highest BCUT2D eigenvalue weighted by Crippen LogP contribution is 2.60. The van der Waals surface area contributed by atoms with Crippen LogP contribution in [0.15, 0.2) is 0 Å². The Bertz CT molecular complexity index is 433. The number of ether oxygens (including phenoxy) is 3. The van der Waals surface area contributed by atoms with E-state index in [1.165, 1.54) is 12.8 Å². The molecule has 0 N–H and O–H groups in total. The van der Waals surface area contributed by atoms with Crippen LogP contribution in [0.2, 0.25) is 0 Å². The topological polar surface area (TPSA) is 44.8 Å². The molecule has 2 aliphatic carbocycles. The van der Waals surface area contributed by atoms with Crippen LogP contribution in [-0.4, -0.2) is 38.0 Å². The highest BCUT2D eigenvalue weighted by atomic mass is 16.7. The fraction of sp³-hybridized carbons (Fsp3) is 0.947. The van der Waals surface area contributed by atoms with E-state index in [0.29, 0.717) is 30.5 Å². The number of methoxy groups -OCH3 is 1. The largest absolute Gasteiger partial charge is 0.377 e. The highest BCUT2D eigenvalue weighted by molar-refractivity contribution is 5.83. The van der Waals surface area contributed by atoms with Crippen molar-refractivity contribution in [1.29, 1.82) is 0 Å². The van der Waals surface area contributed by atoms with Crippen LogP contribution >= 0.6 is 0 Å². The van der Waals surface area contributed by atoms with Gasteiger partial charge in [-0.3, -0.25) is 4.79 Å². The Morgan fingerprint density at radius 2 is 2.17 bits per heavy atom. The first-order valence-electron chi connectivity index (χ1n) is 9.26. The van der Waals surface area contributed by atoms with Crippen molar-refractivity contribution in [3.8, 4) is 0 Å². The number of Topliss-reactive ketones (excluding diaryl/α,β-unsaturated/α-hetero) is 1. The average molecular weight is 324 g/mol. The summed E-state index contributed by atoms with van der Waals surface area (Å²) in [6.45, 7) is 5.41. The van der Waals surface area contributed by atoms with E-state index in [2.05, 4.69) is 13.8 Å². The molecular weight excluding hydrogens is 292 g/mol. The van der Waals surface area contributed by atoms with Gasteiger partial charge in [-0.1, -0.05) is 0 Å². The summed E-state index contributed by atoms with van der Waals surface area (Å²) in [6, 6.07) is 0. The van der Waals surface area contributed by atoms with Gasteiger partial charge in [0.1, 0.15) is 12.6 Å². The van der Waals surface area contributed by atoms with Gasteiger partial charge in [0, 0.05) is 24.9 Å². The summed E-state index contributed by atoms with van der Waals surface area (Å²) in [4.78, 5) is 12.3. The second kappa shape index (κ2) is 6.81. The summed E-state index contributed by atoms with van der Waals surface area (Å²) in [5.74, 6) is 1.42. The zero-order valence-electron chi connectivity index (χ0n) is 14.9. The van der Waals surface area contributed by atoms with Crippen LogP contribution in [0.4, 0.5) is 0 Å². The van der Waals surface area contributed by atoms with Crippen LogP contribution in [0.25, 0.3) is 0 Å². The van der Waals surface area contributed by atoms with Crippen LogP contribution in [0, 0.1) is 17.3 Å². The van der Waals surface area contributed by atoms with Crippen LogP contribution in [0.3, 0.4) is 0 Å². The quantitative estimate of drug-likeness (QED) is 0.670. The van der Waals surface area contributed by atoms with Gasteiger partial charge in [0.15, 0.2) is 0 Å². The van der Waals surface area contributed by atoms with Gasteiger partial charge < -0.3 is 14.2 Å². The van der Waals surface area contributed by atoms with Crippen molar-refractivity contribution in [1.82, 2.24) is 0 Å². The van der Waals surface area contributed by atoms with Gasteiger partial charge in [0.05, 0.1) is 18.3 Å². The molecule has 0 aromatic rings. The molecule has 0 unspecified atom stereocenters. The predicted molar refractivity (Wildman–Crippen MR) is 88.1 cm³/mol. The van der Waals surface area contributed by atoms with E-state index in [-0.39, 0.29) is 11.0 Å². The zero-order valence-corrected chi connectivity index (χ0v) is 14.9. The summed E-state index contributed by atoms with van der Waals surface area (Å²) in [6.07, 6.45) is 8.92. The van der Waals surface area contributed by atoms with E-state index in [0.717, 1.165) is 45.1 Å². The molecule has 3 rings (SSSR count). The van der Waals surface area contributed by atoms with Crippen LogP contribution < -0.4 is 0 Å². The Labute approximate surface area is 140 Å². The predicted octanol–water partition coefficient (Wildman–Crippen LogP) is 3.72. The lowest BCUT2D eigenvalue weighted by Gasteiger charge is -2.37. The van der Waals surface area contributed by atoms with Gasteiger partial charge in [-0.25, -0.2) is 0 Å². The molecule has 0 bridgehead atoms. The maximum atomic E-state index is 12.3. The fourth-order valence-electron chi connectivity index (χ4n) is 5.31. The third-order valence-electron chi connectivity index (χ3n) is 6.50. The first-order chi connectivity index (χ1) is 11.0. The number of carbonyl (C=O) groups is 1. The van der Waals surface area contributed by atoms with Crippen molar-refractivity contribution in [3.63, 3.8) is 0 Å². The lowest BCUT2D eigenvalue weighted by Crippen LogP contribution is -2.40. The average Bonchev–Trinajstić information content (AvgIpc) is 3.03. The van der Waals surface area contributed by atoms with Crippen molar-refractivity contribution < 1.29 is 19.0 Å². The first kappa shape index (κ1) is 17.4. The minimum absolute atomic E-state index is 0.148. The lowest BCUT2D eigenvalue weighted by atomic mass is 9.64. The first-order valence-corrected chi connectivity index (χ1v) is 9.26. The molecule has 1 aliphatic heterocycles. The third kappa shape index (κ3) is 3.35. The normalized spacial score (nSPS) is 37.0. The van der Waals surface area contributed by atoms with Crippen molar-refractivity contribution in [2.45, 2.75) is 76.9 Å². The summed E-state index contributed by atoms with van der Waals surface area (Å²) in [5.41, 5.74) is 0.0490. The van der Waals surface area contributed by atoms with Gasteiger partial charge in [0.2, 0.25) is 0 Å². The third-order valence-corrected chi connectivity index (χ3v) is 6.50. The molecule has 4 heteroatoms. The van der Waals surface area contributed by atoms with Gasteiger partial charge in [0.25, 0.3) is 0 Å². The molecule has 0 aromatic heterocycles. The van der Waals surface area contributed by atoms with E-state index in [4.69, 9.17) is 14.2 Å². The van der Waals surface area contributed by atoms with Crippen molar-refractivity contribution in [2.24, 2.45) is 17.3 Å². The van der Waals surface area contributed by atoms with E-state index >= 15 is 0 Å². The molecule has 132 valence electrons. The van der Waals surface area contributed by atoms with Crippen molar-refractivity contribution >= 4 is 5.78 Å². The van der Waals surface area contributed by atoms with E-state index in [1.54, 1.807) is 7.11 Å². The summed E-state index contributed by atoms with van der Waals surface area (Å²) in [7, 11) is 1.66. The standard InChI is InChI=1S/C19H32O4/c1-18(2,23-13-21-3)10-5-7-17-15-9-8-14-16(20)6-4-11-19(14,15)12-22-17/h14-15,17H,4-13H2,1-3H3/t14-,15+,17+,19+/m0/s1. The molecule has 3 aliphatic rings. The molecule has 1 heterocycles. The monoisotopic (exact) mass is 324 g/mol. The highest BCUT2D eigenvalue weighted by Gasteiger charge is 2.60. The maximum Gasteiger partial charge on any atom is 0.147 e. The Kier molecular flexibility index (Phi) is 5.15. The van der Waals surface area contributed by atoms with Crippen molar-refractivity contribution in [3.05, 3.63) is 0 Å². The molecular formula is C19H32O4. The lowest BCUT2D eigenvalue weighted by molar-refractivity contribution is -0.130. The molecule has 23 heavy (non-hydrogen) atoms. The smallest absolute Gasteiger partial charge is 0.147 e. The molecule has 0 amide bonds. The van der Waals surface area contributed by atoms with Gasteiger partial charge in [-0.2, -0.15) is 0 Å². The molecule has 0 aromatic carbocycles. The number of carbonyl (C=O) groups excluding carboxylic acids is 1. The van der Waals surface area contributed by atoms with E-state index < -0.39 is 0 Å². The Balaban J connectivity index is 1.52. The van der Waals surface area contributed by atoms with Crippen LogP contribution in [0.1, 0.15) is 65.2 Å². The Morgan fingerprint density at radius 1 is 1.35 bits per heavy atom. The summed E-state index contributed by atoms with van der Waals surface area (Å²) in [5, 5.41) is 0. The minimum Gasteiger partial charge on any atom is -0.377 e. The Morgan fingerprint density at radius 3 is 2.96 bits per heavy atom. The number of ketones is 1. The maximum absolute atomic E-state index is 12.3. The second-order valence-corrected chi connectivity index (χ2v) is 8.34. The molecule has 3 fully saturated rings. The fourth-order valence-corrected chi connectivity index (χ4v) is 5.31. The van der Waals surface area contributed by atoms with Gasteiger partial charge in [-0.15, -0.1) is 0 Å². The van der Waals surface area contributed by atoms with Crippen LogP contribution in [-0.2, 0) is 19.0 Å². The summed E-state index contributed by atoms with van der Waals surface area (Å²) < 4.78 is 16.9. The van der Waals surface area contributed by atoms with Crippen LogP contribution in [0.5, 0.6) is 0 Å².